The molecule has 5 nitrogen and oxygen atoms in total. The van der Waals surface area contributed by atoms with E-state index in [4.69, 9.17) is 0 Å². The van der Waals surface area contributed by atoms with Crippen molar-refractivity contribution in [2.75, 3.05) is 0 Å². The lowest BCUT2D eigenvalue weighted by molar-refractivity contribution is 0.516. The third-order valence-corrected chi connectivity index (χ3v) is 3.05. The minimum atomic E-state index is -4.76. The van der Waals surface area contributed by atoms with Gasteiger partial charge in [0.05, 0.1) is 0 Å². The van der Waals surface area contributed by atoms with Crippen LogP contribution in [0.2, 0.25) is 0 Å². The van der Waals surface area contributed by atoms with Crippen molar-refractivity contribution in [1.82, 2.24) is 14.8 Å². The molecule has 7 heteroatoms. The van der Waals surface area contributed by atoms with Crippen molar-refractivity contribution in [2.24, 2.45) is 0 Å². The van der Waals surface area contributed by atoms with Crippen LogP contribution < -0.4 is 0 Å². The number of hydrogen-bond acceptors (Lipinski definition) is 4. The van der Waals surface area contributed by atoms with Gasteiger partial charge in [-0.3, -0.25) is 4.57 Å². The zero-order chi connectivity index (χ0) is 11.2. The number of hydrogen-bond donors (Lipinski definition) is 0. The van der Waals surface area contributed by atoms with E-state index in [2.05, 4.69) is 10.2 Å². The largest absolute Gasteiger partial charge is 0.368 e. The number of aromatic nitrogens is 3. The molecule has 0 aromatic carbocycles. The molecular weight excluding hydrogens is 221 g/mol. The number of nitrogens with zero attached hydrogens (tertiary/aromatic N) is 3. The lowest BCUT2D eigenvalue weighted by Crippen LogP contribution is -2.09. The van der Waals surface area contributed by atoms with Crippen molar-refractivity contribution in [3.05, 3.63) is 5.82 Å². The van der Waals surface area contributed by atoms with Gasteiger partial charge in [-0.25, -0.2) is 0 Å². The van der Waals surface area contributed by atoms with Crippen molar-refractivity contribution in [3.63, 3.8) is 0 Å². The fraction of sp³-hybridized carbons (Fsp3) is 0.750. The van der Waals surface area contributed by atoms with E-state index in [-0.39, 0.29) is 12.0 Å². The van der Waals surface area contributed by atoms with Crippen LogP contribution in [0.25, 0.3) is 0 Å². The van der Waals surface area contributed by atoms with E-state index < -0.39 is 15.4 Å². The van der Waals surface area contributed by atoms with Crippen molar-refractivity contribution in [3.8, 4) is 0 Å². The first kappa shape index (κ1) is 10.5. The maximum absolute atomic E-state index is 12.9. The van der Waals surface area contributed by atoms with Crippen LogP contribution in [0.1, 0.15) is 44.5 Å². The Kier molecular flexibility index (Phi) is 2.29. The minimum absolute atomic E-state index is 0.0357. The molecule has 1 saturated carbocycles. The van der Waals surface area contributed by atoms with Gasteiger partial charge in [-0.1, -0.05) is 17.7 Å². The molecule has 0 unspecified atom stereocenters. The summed E-state index contributed by atoms with van der Waals surface area (Å²) in [6.45, 7) is 3.75. The molecule has 1 aromatic heterocycles. The van der Waals surface area contributed by atoms with Crippen molar-refractivity contribution < 1.29 is 12.3 Å². The molecule has 2 rings (SSSR count). The first-order chi connectivity index (χ1) is 6.91. The van der Waals surface area contributed by atoms with Gasteiger partial charge in [0, 0.05) is 12.0 Å². The molecule has 0 amide bonds. The third kappa shape index (κ3) is 1.88. The Morgan fingerprint density at radius 1 is 1.40 bits per heavy atom. The van der Waals surface area contributed by atoms with Gasteiger partial charge >= 0.3 is 10.2 Å². The molecule has 1 aliphatic rings. The normalized spacial score (nSPS) is 17.3. The third-order valence-electron chi connectivity index (χ3n) is 2.34. The highest BCUT2D eigenvalue weighted by atomic mass is 32.3. The molecule has 0 saturated heterocycles. The maximum Gasteiger partial charge on any atom is 0.368 e. The average molecular weight is 233 g/mol. The molecule has 84 valence electrons. The standard InChI is InChI=1S/C8H12FN3O2S/c1-5(2)7-10-11-8(15(9,13)14)12(7)6-3-4-6/h5-6H,3-4H2,1-2H3. The molecular formula is C8H12FN3O2S. The summed E-state index contributed by atoms with van der Waals surface area (Å²) in [6.07, 6.45) is 1.72. The highest BCUT2D eigenvalue weighted by Crippen LogP contribution is 2.39. The highest BCUT2D eigenvalue weighted by molar-refractivity contribution is 7.86. The Morgan fingerprint density at radius 3 is 2.40 bits per heavy atom. The molecule has 1 heterocycles. The summed E-state index contributed by atoms with van der Waals surface area (Å²) < 4.78 is 36.0. The van der Waals surface area contributed by atoms with E-state index in [0.717, 1.165) is 12.8 Å². The topological polar surface area (TPSA) is 64.8 Å². The fourth-order valence-electron chi connectivity index (χ4n) is 1.52. The second-order valence-corrected chi connectivity index (χ2v) is 5.28. The van der Waals surface area contributed by atoms with Gasteiger partial charge in [0.2, 0.25) is 0 Å². The smallest absolute Gasteiger partial charge is 0.296 e. The monoisotopic (exact) mass is 233 g/mol. The van der Waals surface area contributed by atoms with Gasteiger partial charge in [0.1, 0.15) is 5.82 Å². The van der Waals surface area contributed by atoms with E-state index in [1.165, 1.54) is 4.57 Å². The molecule has 0 spiro atoms. The number of rotatable bonds is 3. The Balaban J connectivity index is 2.57. The predicted molar refractivity (Wildman–Crippen MR) is 50.7 cm³/mol. The summed E-state index contributed by atoms with van der Waals surface area (Å²) >= 11 is 0. The quantitative estimate of drug-likeness (QED) is 0.740. The molecule has 0 atom stereocenters. The molecule has 1 aromatic rings. The minimum Gasteiger partial charge on any atom is -0.296 e. The molecule has 0 aliphatic heterocycles. The Labute approximate surface area is 87.5 Å². The fourth-order valence-corrected chi connectivity index (χ4v) is 2.14. The molecule has 15 heavy (non-hydrogen) atoms. The first-order valence-corrected chi connectivity index (χ1v) is 6.19. The molecule has 1 fully saturated rings. The lowest BCUT2D eigenvalue weighted by atomic mass is 10.2. The zero-order valence-corrected chi connectivity index (χ0v) is 9.33. The predicted octanol–water partition coefficient (Wildman–Crippen LogP) is 1.39. The first-order valence-electron chi connectivity index (χ1n) is 4.80. The summed E-state index contributed by atoms with van der Waals surface area (Å²) in [4.78, 5) is 0. The van der Waals surface area contributed by atoms with Crippen molar-refractivity contribution in [1.29, 1.82) is 0 Å². The van der Waals surface area contributed by atoms with Crippen LogP contribution in [0.5, 0.6) is 0 Å². The van der Waals surface area contributed by atoms with Crippen LogP contribution in [0, 0.1) is 0 Å². The zero-order valence-electron chi connectivity index (χ0n) is 8.51. The van der Waals surface area contributed by atoms with Crippen molar-refractivity contribution >= 4 is 10.2 Å². The van der Waals surface area contributed by atoms with Crippen LogP contribution in [-0.4, -0.2) is 23.2 Å². The van der Waals surface area contributed by atoms with Crippen LogP contribution in [0.15, 0.2) is 5.16 Å². The molecule has 0 bridgehead atoms. The summed E-state index contributed by atoms with van der Waals surface area (Å²) in [5.74, 6) is 0.572. The summed E-state index contributed by atoms with van der Waals surface area (Å²) in [7, 11) is -4.76. The maximum atomic E-state index is 12.9. The van der Waals surface area contributed by atoms with E-state index >= 15 is 0 Å². The Hall–Kier alpha value is -0.980. The van der Waals surface area contributed by atoms with Crippen LogP contribution in [-0.2, 0) is 10.2 Å². The van der Waals surface area contributed by atoms with E-state index in [9.17, 15) is 12.3 Å². The van der Waals surface area contributed by atoms with Gasteiger partial charge < -0.3 is 0 Å². The van der Waals surface area contributed by atoms with Crippen LogP contribution in [0.4, 0.5) is 3.89 Å². The van der Waals surface area contributed by atoms with Crippen LogP contribution >= 0.6 is 0 Å². The number of halogens is 1. The second-order valence-electron chi connectivity index (χ2n) is 4.03. The van der Waals surface area contributed by atoms with Crippen LogP contribution in [0.3, 0.4) is 0 Å². The molecule has 0 N–H and O–H groups in total. The second kappa shape index (κ2) is 3.26. The van der Waals surface area contributed by atoms with Crippen molar-refractivity contribution in [2.45, 2.75) is 43.8 Å². The van der Waals surface area contributed by atoms with Gasteiger partial charge in [-0.05, 0) is 12.8 Å². The summed E-state index contributed by atoms with van der Waals surface area (Å²) in [6, 6.07) is 0.0536. The van der Waals surface area contributed by atoms with Gasteiger partial charge in [0.25, 0.3) is 5.16 Å². The highest BCUT2D eigenvalue weighted by Gasteiger charge is 2.34. The summed E-state index contributed by atoms with van der Waals surface area (Å²) in [5.41, 5.74) is 0. The summed E-state index contributed by atoms with van der Waals surface area (Å²) in [5, 5.41) is 6.61. The Morgan fingerprint density at radius 2 is 2.00 bits per heavy atom. The lowest BCUT2D eigenvalue weighted by Gasteiger charge is -2.08. The van der Waals surface area contributed by atoms with Gasteiger partial charge in [0.15, 0.2) is 0 Å². The van der Waals surface area contributed by atoms with Gasteiger partial charge in [-0.2, -0.15) is 8.42 Å². The van der Waals surface area contributed by atoms with E-state index in [1.54, 1.807) is 0 Å². The van der Waals surface area contributed by atoms with Gasteiger partial charge in [-0.15, -0.1) is 10.2 Å². The van der Waals surface area contributed by atoms with E-state index in [0.29, 0.717) is 5.82 Å². The Bertz CT molecular complexity index is 476. The molecule has 1 aliphatic carbocycles. The molecule has 0 radical (unpaired) electrons. The van der Waals surface area contributed by atoms with E-state index in [1.807, 2.05) is 13.8 Å². The SMILES string of the molecule is CC(C)c1nnc(S(=O)(=O)F)n1C1CC1. The average Bonchev–Trinajstić information content (AvgIpc) is 2.81.